The number of piperazine rings is 1. The zero-order valence-corrected chi connectivity index (χ0v) is 19.0. The summed E-state index contributed by atoms with van der Waals surface area (Å²) in [6.07, 6.45) is 3.48. The number of carbonyl (C=O) groups is 1. The molecule has 1 aliphatic rings. The van der Waals surface area contributed by atoms with Gasteiger partial charge in [0.2, 0.25) is 0 Å². The van der Waals surface area contributed by atoms with Gasteiger partial charge in [0.1, 0.15) is 17.4 Å². The summed E-state index contributed by atoms with van der Waals surface area (Å²) in [4.78, 5) is 25.3. The number of anilines is 2. The molecule has 0 atom stereocenters. The van der Waals surface area contributed by atoms with Crippen LogP contribution in [0.3, 0.4) is 0 Å². The van der Waals surface area contributed by atoms with Crippen molar-refractivity contribution in [1.29, 1.82) is 0 Å². The number of carbonyl (C=O) groups excluding carboxylic acids is 1. The van der Waals surface area contributed by atoms with E-state index in [9.17, 15) is 4.79 Å². The molecule has 1 fully saturated rings. The van der Waals surface area contributed by atoms with Gasteiger partial charge >= 0.3 is 6.03 Å². The van der Waals surface area contributed by atoms with Crippen molar-refractivity contribution >= 4 is 26.0 Å². The Hall–Kier alpha value is -2.61. The number of hydrogen-bond donors (Lipinski definition) is 1. The smallest absolute Gasteiger partial charge is 0.323 e. The Balaban J connectivity index is 1.52. The molecule has 0 spiro atoms. The van der Waals surface area contributed by atoms with Gasteiger partial charge in [0.05, 0.1) is 6.20 Å². The molecule has 0 aliphatic carbocycles. The van der Waals surface area contributed by atoms with Crippen LogP contribution in [0.25, 0.3) is 0 Å². The first-order valence-corrected chi connectivity index (χ1v) is 12.9. The molecule has 2 aromatic heterocycles. The van der Waals surface area contributed by atoms with Gasteiger partial charge in [-0.15, -0.1) is 0 Å². The van der Waals surface area contributed by atoms with E-state index in [0.717, 1.165) is 24.7 Å². The first-order chi connectivity index (χ1) is 13.7. The van der Waals surface area contributed by atoms with Crippen LogP contribution in [0.5, 0.6) is 5.75 Å². The summed E-state index contributed by atoms with van der Waals surface area (Å²) >= 11 is 0. The molecular formula is C21H31N5O2Si. The predicted octanol–water partition coefficient (Wildman–Crippen LogP) is 4.21. The van der Waals surface area contributed by atoms with E-state index in [1.165, 1.54) is 0 Å². The van der Waals surface area contributed by atoms with E-state index >= 15 is 0 Å². The molecule has 3 rings (SSSR count). The highest BCUT2D eigenvalue weighted by Crippen LogP contribution is 2.37. The van der Waals surface area contributed by atoms with Gasteiger partial charge in [0, 0.05) is 32.4 Å². The number of amides is 2. The largest absolute Gasteiger partial charge is 0.542 e. The third-order valence-electron chi connectivity index (χ3n) is 5.69. The van der Waals surface area contributed by atoms with Gasteiger partial charge in [0.15, 0.2) is 0 Å². The van der Waals surface area contributed by atoms with Crippen LogP contribution in [-0.4, -0.2) is 55.4 Å². The normalized spacial score (nSPS) is 15.2. The van der Waals surface area contributed by atoms with E-state index in [4.69, 9.17) is 4.43 Å². The van der Waals surface area contributed by atoms with Crippen molar-refractivity contribution in [3.8, 4) is 5.75 Å². The molecule has 7 nitrogen and oxygen atoms in total. The number of hydrogen-bond acceptors (Lipinski definition) is 5. The third-order valence-corrected chi connectivity index (χ3v) is 10.0. The van der Waals surface area contributed by atoms with Crippen molar-refractivity contribution < 1.29 is 9.22 Å². The number of urea groups is 1. The van der Waals surface area contributed by atoms with Crippen LogP contribution >= 0.6 is 0 Å². The fourth-order valence-electron chi connectivity index (χ4n) is 2.83. The maximum atomic E-state index is 12.6. The van der Waals surface area contributed by atoms with Gasteiger partial charge in [0.25, 0.3) is 8.32 Å². The summed E-state index contributed by atoms with van der Waals surface area (Å²) in [5.41, 5.74) is 0. The monoisotopic (exact) mass is 413 g/mol. The number of aromatic nitrogens is 2. The molecule has 0 unspecified atom stereocenters. The molecular weight excluding hydrogens is 382 g/mol. The summed E-state index contributed by atoms with van der Waals surface area (Å²) in [6, 6.07) is 9.42. The SMILES string of the molecule is CC(C)(C)[Si](C)(C)Oc1ccc(NC(=O)N2CCN(c3ccccn3)CC2)nc1. The van der Waals surface area contributed by atoms with Crippen molar-refractivity contribution in [3.63, 3.8) is 0 Å². The lowest BCUT2D eigenvalue weighted by Crippen LogP contribution is -2.50. The van der Waals surface area contributed by atoms with Crippen molar-refractivity contribution in [3.05, 3.63) is 42.7 Å². The topological polar surface area (TPSA) is 70.6 Å². The Bertz CT molecular complexity index is 813. The van der Waals surface area contributed by atoms with Crippen molar-refractivity contribution in [2.75, 3.05) is 36.4 Å². The zero-order valence-electron chi connectivity index (χ0n) is 18.0. The number of nitrogens with one attached hydrogen (secondary N) is 1. The van der Waals surface area contributed by atoms with Gasteiger partial charge in [-0.3, -0.25) is 5.32 Å². The minimum atomic E-state index is -1.90. The van der Waals surface area contributed by atoms with Crippen LogP contribution in [0.1, 0.15) is 20.8 Å². The Morgan fingerprint density at radius 1 is 1.07 bits per heavy atom. The van der Waals surface area contributed by atoms with Crippen LogP contribution in [0.4, 0.5) is 16.4 Å². The summed E-state index contributed by atoms with van der Waals surface area (Å²) in [7, 11) is -1.90. The van der Waals surface area contributed by atoms with E-state index < -0.39 is 8.32 Å². The van der Waals surface area contributed by atoms with E-state index in [1.807, 2.05) is 24.3 Å². The first kappa shape index (κ1) is 21.1. The van der Waals surface area contributed by atoms with Crippen LogP contribution in [0, 0.1) is 0 Å². The van der Waals surface area contributed by atoms with Crippen molar-refractivity contribution in [2.24, 2.45) is 0 Å². The lowest BCUT2D eigenvalue weighted by atomic mass is 10.2. The number of rotatable bonds is 4. The zero-order chi connectivity index (χ0) is 21.1. The van der Waals surface area contributed by atoms with Crippen LogP contribution in [0.2, 0.25) is 18.1 Å². The maximum Gasteiger partial charge on any atom is 0.323 e. The molecule has 1 N–H and O–H groups in total. The molecule has 1 aliphatic heterocycles. The van der Waals surface area contributed by atoms with Crippen molar-refractivity contribution in [2.45, 2.75) is 38.9 Å². The second-order valence-electron chi connectivity index (χ2n) is 8.83. The van der Waals surface area contributed by atoms with E-state index in [0.29, 0.717) is 18.9 Å². The van der Waals surface area contributed by atoms with Crippen LogP contribution in [0.15, 0.2) is 42.7 Å². The molecule has 3 heterocycles. The van der Waals surface area contributed by atoms with Gasteiger partial charge in [-0.05, 0) is 42.4 Å². The number of pyridine rings is 2. The third kappa shape index (κ3) is 5.26. The predicted molar refractivity (Wildman–Crippen MR) is 119 cm³/mol. The first-order valence-electron chi connectivity index (χ1n) is 10.0. The summed E-state index contributed by atoms with van der Waals surface area (Å²) in [5, 5.41) is 3.01. The fourth-order valence-corrected chi connectivity index (χ4v) is 3.85. The molecule has 8 heteroatoms. The van der Waals surface area contributed by atoms with E-state index in [2.05, 4.69) is 54.0 Å². The molecule has 2 amide bonds. The van der Waals surface area contributed by atoms with E-state index in [1.54, 1.807) is 23.4 Å². The Labute approximate surface area is 174 Å². The molecule has 2 aromatic rings. The Morgan fingerprint density at radius 3 is 2.34 bits per heavy atom. The minimum absolute atomic E-state index is 0.122. The molecule has 0 radical (unpaired) electrons. The lowest BCUT2D eigenvalue weighted by Gasteiger charge is -2.36. The van der Waals surface area contributed by atoms with Gasteiger partial charge in [-0.1, -0.05) is 26.8 Å². The van der Waals surface area contributed by atoms with Crippen LogP contribution in [-0.2, 0) is 0 Å². The average molecular weight is 414 g/mol. The van der Waals surface area contributed by atoms with Crippen LogP contribution < -0.4 is 14.6 Å². The molecule has 1 saturated heterocycles. The number of nitrogens with zero attached hydrogens (tertiary/aromatic N) is 4. The second kappa shape index (κ2) is 8.40. The second-order valence-corrected chi connectivity index (χ2v) is 13.6. The quantitative estimate of drug-likeness (QED) is 0.760. The summed E-state index contributed by atoms with van der Waals surface area (Å²) in [6.45, 7) is 13.8. The highest BCUT2D eigenvalue weighted by Gasteiger charge is 2.39. The van der Waals surface area contributed by atoms with Crippen molar-refractivity contribution in [1.82, 2.24) is 14.9 Å². The molecule has 156 valence electrons. The fraction of sp³-hybridized carbons (Fsp3) is 0.476. The van der Waals surface area contributed by atoms with Gasteiger partial charge in [-0.25, -0.2) is 14.8 Å². The summed E-state index contributed by atoms with van der Waals surface area (Å²) < 4.78 is 6.24. The van der Waals surface area contributed by atoms with Gasteiger partial charge in [-0.2, -0.15) is 0 Å². The molecule has 29 heavy (non-hydrogen) atoms. The molecule has 0 saturated carbocycles. The average Bonchev–Trinajstić information content (AvgIpc) is 2.69. The molecule has 0 aromatic carbocycles. The Kier molecular flexibility index (Phi) is 6.12. The van der Waals surface area contributed by atoms with E-state index in [-0.39, 0.29) is 11.1 Å². The highest BCUT2D eigenvalue weighted by molar-refractivity contribution is 6.74. The maximum absolute atomic E-state index is 12.6. The minimum Gasteiger partial charge on any atom is -0.542 e. The Morgan fingerprint density at radius 2 is 1.79 bits per heavy atom. The highest BCUT2D eigenvalue weighted by atomic mass is 28.4. The molecule has 0 bridgehead atoms. The standard InChI is InChI=1S/C21H31N5O2Si/c1-21(2,3)29(4,5)28-17-9-10-18(23-16-17)24-20(27)26-14-12-25(13-15-26)19-8-6-7-11-22-19/h6-11,16H,12-15H2,1-5H3,(H,23,24,27). The lowest BCUT2D eigenvalue weighted by molar-refractivity contribution is 0.208. The summed E-state index contributed by atoms with van der Waals surface area (Å²) in [5.74, 6) is 2.23. The van der Waals surface area contributed by atoms with Gasteiger partial charge < -0.3 is 14.2 Å².